The van der Waals surface area contributed by atoms with Gasteiger partial charge in [0.25, 0.3) is 0 Å². The molecule has 5 heteroatoms. The number of rotatable bonds is 3. The molecule has 2 aliphatic rings. The second kappa shape index (κ2) is 4.99. The molecule has 2 heterocycles. The van der Waals surface area contributed by atoms with Crippen molar-refractivity contribution < 1.29 is 14.0 Å². The zero-order valence-electron chi connectivity index (χ0n) is 13.6. The summed E-state index contributed by atoms with van der Waals surface area (Å²) in [6.45, 7) is 10.4. The third kappa shape index (κ3) is 2.81. The van der Waals surface area contributed by atoms with E-state index in [0.717, 1.165) is 24.2 Å². The van der Waals surface area contributed by atoms with Crippen LogP contribution < -0.4 is 10.2 Å². The molecule has 0 bridgehead atoms. The Bertz CT molecular complexity index is 493. The van der Waals surface area contributed by atoms with Gasteiger partial charge in [-0.25, -0.2) is 4.98 Å². The lowest BCUT2D eigenvalue weighted by atomic mass is 9.80. The Balaban J connectivity index is 1.65. The summed E-state index contributed by atoms with van der Waals surface area (Å²) in [6, 6.07) is 3.88. The smallest absolute Gasteiger partial charge is 0.474 e. The van der Waals surface area contributed by atoms with E-state index in [9.17, 15) is 0 Å². The Morgan fingerprint density at radius 1 is 1.14 bits per heavy atom. The fourth-order valence-electron chi connectivity index (χ4n) is 2.68. The third-order valence-corrected chi connectivity index (χ3v) is 4.90. The quantitative estimate of drug-likeness (QED) is 0.802. The highest BCUT2D eigenvalue weighted by molar-refractivity contribution is 6.62. The van der Waals surface area contributed by atoms with Gasteiger partial charge < -0.3 is 14.0 Å². The van der Waals surface area contributed by atoms with Crippen molar-refractivity contribution in [1.82, 2.24) is 4.98 Å². The molecule has 0 amide bonds. The zero-order chi connectivity index (χ0) is 15.3. The Morgan fingerprint density at radius 2 is 1.76 bits per heavy atom. The number of hydrogen-bond acceptors (Lipinski definition) is 4. The molecular formula is C16H24BNO3. The highest BCUT2D eigenvalue weighted by Gasteiger charge is 2.51. The maximum Gasteiger partial charge on any atom is 0.496 e. The highest BCUT2D eigenvalue weighted by Crippen LogP contribution is 2.36. The van der Waals surface area contributed by atoms with Gasteiger partial charge >= 0.3 is 7.12 Å². The van der Waals surface area contributed by atoms with Crippen molar-refractivity contribution in [1.29, 1.82) is 0 Å². The van der Waals surface area contributed by atoms with Gasteiger partial charge in [0.05, 0.1) is 11.2 Å². The van der Waals surface area contributed by atoms with Gasteiger partial charge in [0.2, 0.25) is 5.88 Å². The van der Waals surface area contributed by atoms with Crippen molar-refractivity contribution in [3.8, 4) is 5.88 Å². The van der Waals surface area contributed by atoms with Crippen LogP contribution in [0.1, 0.15) is 47.5 Å². The van der Waals surface area contributed by atoms with Crippen LogP contribution in [-0.2, 0) is 9.31 Å². The molecule has 0 atom stereocenters. The van der Waals surface area contributed by atoms with Crippen molar-refractivity contribution in [2.45, 2.75) is 64.8 Å². The number of ether oxygens (including phenoxy) is 1. The fourth-order valence-corrected chi connectivity index (χ4v) is 2.68. The van der Waals surface area contributed by atoms with Crippen LogP contribution in [0.25, 0.3) is 0 Å². The molecule has 0 N–H and O–H groups in total. The summed E-state index contributed by atoms with van der Waals surface area (Å²) in [5, 5.41) is 0. The van der Waals surface area contributed by atoms with Crippen LogP contribution in [0, 0.1) is 5.92 Å². The lowest BCUT2D eigenvalue weighted by Crippen LogP contribution is -2.41. The Labute approximate surface area is 127 Å². The first kappa shape index (κ1) is 14.9. The first-order valence-corrected chi connectivity index (χ1v) is 7.75. The molecule has 1 saturated heterocycles. The Morgan fingerprint density at radius 3 is 2.24 bits per heavy atom. The standard InChI is InChI=1S/C16H24BNO3/c1-11-8-13(9-11)19-14-7-6-12(10-18-14)17-20-15(2,3)16(4,5)21-17/h6-7,10-11,13H,8-9H2,1-5H3/t11-,13+. The monoisotopic (exact) mass is 289 g/mol. The van der Waals surface area contributed by atoms with Crippen LogP contribution in [0.4, 0.5) is 0 Å². The first-order chi connectivity index (χ1) is 9.77. The van der Waals surface area contributed by atoms with Crippen LogP contribution >= 0.6 is 0 Å². The third-order valence-electron chi connectivity index (χ3n) is 4.90. The second-order valence-corrected chi connectivity index (χ2v) is 7.33. The number of aromatic nitrogens is 1. The summed E-state index contributed by atoms with van der Waals surface area (Å²) in [4.78, 5) is 4.38. The molecule has 2 fully saturated rings. The van der Waals surface area contributed by atoms with Crippen LogP contribution in [0.15, 0.2) is 18.3 Å². The fraction of sp³-hybridized carbons (Fsp3) is 0.688. The van der Waals surface area contributed by atoms with Crippen molar-refractivity contribution in [3.05, 3.63) is 18.3 Å². The van der Waals surface area contributed by atoms with Crippen molar-refractivity contribution in [3.63, 3.8) is 0 Å². The molecule has 0 aromatic carbocycles. The second-order valence-electron chi connectivity index (χ2n) is 7.33. The highest BCUT2D eigenvalue weighted by atomic mass is 16.7. The van der Waals surface area contributed by atoms with Crippen LogP contribution in [0.2, 0.25) is 0 Å². The van der Waals surface area contributed by atoms with E-state index >= 15 is 0 Å². The van der Waals surface area contributed by atoms with Crippen LogP contribution in [-0.4, -0.2) is 29.4 Å². The van der Waals surface area contributed by atoms with Gasteiger partial charge in [-0.05, 0) is 52.5 Å². The number of nitrogens with zero attached hydrogens (tertiary/aromatic N) is 1. The van der Waals surface area contributed by atoms with Crippen molar-refractivity contribution in [2.24, 2.45) is 5.92 Å². The van der Waals surface area contributed by atoms with E-state index < -0.39 is 0 Å². The maximum atomic E-state index is 6.01. The SMILES string of the molecule is CC1(C)OB(c2ccc(O[C@H]3C[C@@H](C)C3)nc2)OC1(C)C. The molecule has 0 radical (unpaired) electrons. The molecule has 1 aliphatic carbocycles. The molecular weight excluding hydrogens is 265 g/mol. The van der Waals surface area contributed by atoms with E-state index in [2.05, 4.69) is 39.6 Å². The molecule has 1 aliphatic heterocycles. The minimum Gasteiger partial charge on any atom is -0.474 e. The maximum absolute atomic E-state index is 6.01. The molecule has 114 valence electrons. The minimum absolute atomic E-state index is 0.324. The van der Waals surface area contributed by atoms with Crippen LogP contribution in [0.3, 0.4) is 0 Å². The van der Waals surface area contributed by atoms with E-state index in [1.54, 1.807) is 6.20 Å². The Hall–Kier alpha value is -1.07. The summed E-state index contributed by atoms with van der Waals surface area (Å²) >= 11 is 0. The van der Waals surface area contributed by atoms with E-state index in [1.807, 2.05) is 12.1 Å². The minimum atomic E-state index is -0.361. The van der Waals surface area contributed by atoms with Gasteiger partial charge in [0.15, 0.2) is 0 Å². The van der Waals surface area contributed by atoms with Gasteiger partial charge in [-0.2, -0.15) is 0 Å². The normalized spacial score (nSPS) is 30.0. The predicted molar refractivity (Wildman–Crippen MR) is 82.8 cm³/mol. The predicted octanol–water partition coefficient (Wildman–Crippen LogP) is 2.56. The summed E-state index contributed by atoms with van der Waals surface area (Å²) in [7, 11) is -0.361. The first-order valence-electron chi connectivity index (χ1n) is 7.75. The van der Waals surface area contributed by atoms with Gasteiger partial charge in [-0.3, -0.25) is 0 Å². The number of pyridine rings is 1. The summed E-state index contributed by atoms with van der Waals surface area (Å²) in [6.07, 6.45) is 4.37. The molecule has 4 nitrogen and oxygen atoms in total. The molecule has 3 rings (SSSR count). The molecule has 0 unspecified atom stereocenters. The van der Waals surface area contributed by atoms with Crippen molar-refractivity contribution >= 4 is 12.6 Å². The lowest BCUT2D eigenvalue weighted by Gasteiger charge is -2.32. The Kier molecular flexibility index (Phi) is 3.53. The average Bonchev–Trinajstić information content (AvgIpc) is 2.57. The molecule has 1 aromatic rings. The summed E-state index contributed by atoms with van der Waals surface area (Å²) in [5.41, 5.74) is 0.284. The van der Waals surface area contributed by atoms with E-state index in [0.29, 0.717) is 12.0 Å². The van der Waals surface area contributed by atoms with Gasteiger partial charge in [-0.1, -0.05) is 13.0 Å². The molecule has 1 saturated carbocycles. The van der Waals surface area contributed by atoms with Gasteiger partial charge in [0, 0.05) is 11.7 Å². The largest absolute Gasteiger partial charge is 0.496 e. The average molecular weight is 289 g/mol. The van der Waals surface area contributed by atoms with Gasteiger partial charge in [-0.15, -0.1) is 0 Å². The lowest BCUT2D eigenvalue weighted by molar-refractivity contribution is 0.00578. The van der Waals surface area contributed by atoms with Crippen molar-refractivity contribution in [2.75, 3.05) is 0 Å². The zero-order valence-corrected chi connectivity index (χ0v) is 13.6. The van der Waals surface area contributed by atoms with E-state index in [4.69, 9.17) is 14.0 Å². The number of hydrogen-bond donors (Lipinski definition) is 0. The van der Waals surface area contributed by atoms with Crippen LogP contribution in [0.5, 0.6) is 5.88 Å². The summed E-state index contributed by atoms with van der Waals surface area (Å²) < 4.78 is 17.9. The topological polar surface area (TPSA) is 40.6 Å². The molecule has 0 spiro atoms. The molecule has 1 aromatic heterocycles. The van der Waals surface area contributed by atoms with E-state index in [-0.39, 0.29) is 18.3 Å². The summed E-state index contributed by atoms with van der Waals surface area (Å²) in [5.74, 6) is 1.46. The molecule has 21 heavy (non-hydrogen) atoms. The van der Waals surface area contributed by atoms with Gasteiger partial charge in [0.1, 0.15) is 6.10 Å². The van der Waals surface area contributed by atoms with E-state index in [1.165, 1.54) is 0 Å².